The van der Waals surface area contributed by atoms with E-state index in [0.717, 1.165) is 4.90 Å². The minimum absolute atomic E-state index is 0.0340. The SMILES string of the molecule is NC(=O)C[C@@H]1N[C@@]2(C(=O)Nc3ccc(Cl)cc32)[C@@H]2C(=O)N(Cc3ccccc3Cl)C(=O)[C@H]12. The molecule has 1 spiro atoms. The molecule has 8 nitrogen and oxygen atoms in total. The summed E-state index contributed by atoms with van der Waals surface area (Å²) in [6.07, 6.45) is -0.203. The Morgan fingerprint density at radius 2 is 1.84 bits per heavy atom. The van der Waals surface area contributed by atoms with E-state index >= 15 is 0 Å². The summed E-state index contributed by atoms with van der Waals surface area (Å²) in [6, 6.07) is 11.0. The van der Waals surface area contributed by atoms with Crippen LogP contribution in [-0.4, -0.2) is 34.6 Å². The highest BCUT2D eigenvalue weighted by atomic mass is 35.5. The van der Waals surface area contributed by atoms with Crippen molar-refractivity contribution < 1.29 is 19.2 Å². The number of fused-ring (bicyclic) bond motifs is 4. The first kappa shape index (κ1) is 20.9. The largest absolute Gasteiger partial charge is 0.370 e. The van der Waals surface area contributed by atoms with E-state index in [0.29, 0.717) is 26.9 Å². The summed E-state index contributed by atoms with van der Waals surface area (Å²) in [4.78, 5) is 53.2. The van der Waals surface area contributed by atoms with Crippen LogP contribution < -0.4 is 16.4 Å². The summed E-state index contributed by atoms with van der Waals surface area (Å²) < 4.78 is 0. The summed E-state index contributed by atoms with van der Waals surface area (Å²) in [6.45, 7) is -0.0340. The first-order chi connectivity index (χ1) is 15.2. The molecule has 0 radical (unpaired) electrons. The number of nitrogens with two attached hydrogens (primary N) is 1. The zero-order valence-electron chi connectivity index (χ0n) is 16.6. The Labute approximate surface area is 193 Å². The molecule has 4 N–H and O–H groups in total. The highest BCUT2D eigenvalue weighted by molar-refractivity contribution is 6.31. The highest BCUT2D eigenvalue weighted by Crippen LogP contribution is 2.54. The van der Waals surface area contributed by atoms with Crippen LogP contribution in [0.15, 0.2) is 42.5 Å². The van der Waals surface area contributed by atoms with Gasteiger partial charge in [0.2, 0.25) is 23.6 Å². The number of hydrogen-bond donors (Lipinski definition) is 3. The normalized spacial score (nSPS) is 28.2. The van der Waals surface area contributed by atoms with Gasteiger partial charge in [-0.05, 0) is 29.8 Å². The van der Waals surface area contributed by atoms with E-state index in [4.69, 9.17) is 28.9 Å². The first-order valence-electron chi connectivity index (χ1n) is 10.00. The number of nitrogens with zero attached hydrogens (tertiary/aromatic N) is 1. The molecule has 3 aliphatic heterocycles. The third-order valence-corrected chi connectivity index (χ3v) is 7.08. The Bertz CT molecular complexity index is 1200. The van der Waals surface area contributed by atoms with Crippen LogP contribution >= 0.6 is 23.2 Å². The lowest BCUT2D eigenvalue weighted by Crippen LogP contribution is -2.53. The van der Waals surface area contributed by atoms with Gasteiger partial charge in [0.1, 0.15) is 5.54 Å². The number of nitrogens with one attached hydrogen (secondary N) is 2. The number of likely N-dealkylation sites (tertiary alicyclic amines) is 1. The van der Waals surface area contributed by atoms with E-state index in [2.05, 4.69) is 10.6 Å². The lowest BCUT2D eigenvalue weighted by molar-refractivity contribution is -0.143. The van der Waals surface area contributed by atoms with Gasteiger partial charge in [0.25, 0.3) is 0 Å². The molecular formula is C22H18Cl2N4O4. The quantitative estimate of drug-likeness (QED) is 0.585. The molecule has 2 aromatic carbocycles. The molecule has 2 aromatic rings. The topological polar surface area (TPSA) is 122 Å². The van der Waals surface area contributed by atoms with Crippen LogP contribution in [0.5, 0.6) is 0 Å². The number of hydrogen-bond acceptors (Lipinski definition) is 5. The van der Waals surface area contributed by atoms with Gasteiger partial charge in [0, 0.05) is 33.8 Å². The number of rotatable bonds is 4. The maximum Gasteiger partial charge on any atom is 0.250 e. The number of carbonyl (C=O) groups excluding carboxylic acids is 4. The van der Waals surface area contributed by atoms with Crippen molar-refractivity contribution in [2.45, 2.75) is 24.5 Å². The van der Waals surface area contributed by atoms with E-state index in [1.165, 1.54) is 0 Å². The zero-order valence-corrected chi connectivity index (χ0v) is 18.1. The Morgan fingerprint density at radius 1 is 1.09 bits per heavy atom. The standard InChI is InChI=1S/C22H18Cl2N4O4/c23-11-5-6-14-12(7-11)22(21(32)26-14)18-17(15(27-22)8-16(25)29)19(30)28(20(18)31)9-10-3-1-2-4-13(10)24/h1-7,15,17-18,27H,8-9H2,(H2,25,29)(H,26,32)/t15-,17+,18-,22+/m0/s1. The second-order valence-electron chi connectivity index (χ2n) is 8.23. The van der Waals surface area contributed by atoms with Gasteiger partial charge in [-0.2, -0.15) is 0 Å². The minimum Gasteiger partial charge on any atom is -0.370 e. The summed E-state index contributed by atoms with van der Waals surface area (Å²) in [5.74, 6) is -4.10. The minimum atomic E-state index is -1.53. The molecule has 3 heterocycles. The van der Waals surface area contributed by atoms with Crippen LogP contribution in [0.1, 0.15) is 17.5 Å². The monoisotopic (exact) mass is 472 g/mol. The van der Waals surface area contributed by atoms with Crippen molar-refractivity contribution in [2.24, 2.45) is 17.6 Å². The molecule has 0 bridgehead atoms. The first-order valence-corrected chi connectivity index (χ1v) is 10.8. The number of halogens is 2. The molecule has 4 amide bonds. The molecule has 32 heavy (non-hydrogen) atoms. The van der Waals surface area contributed by atoms with Crippen LogP contribution in [0.25, 0.3) is 0 Å². The number of benzene rings is 2. The van der Waals surface area contributed by atoms with Gasteiger partial charge >= 0.3 is 0 Å². The van der Waals surface area contributed by atoms with E-state index in [1.807, 2.05) is 0 Å². The van der Waals surface area contributed by atoms with E-state index in [1.54, 1.807) is 42.5 Å². The van der Waals surface area contributed by atoms with Crippen LogP contribution in [0.3, 0.4) is 0 Å². The maximum atomic E-state index is 13.6. The predicted molar refractivity (Wildman–Crippen MR) is 116 cm³/mol. The van der Waals surface area contributed by atoms with Crippen LogP contribution in [-0.2, 0) is 31.3 Å². The molecule has 3 aliphatic rings. The molecule has 10 heteroatoms. The Kier molecular flexibility index (Phi) is 4.77. The lowest BCUT2D eigenvalue weighted by atomic mass is 9.76. The average molecular weight is 473 g/mol. The van der Waals surface area contributed by atoms with Crippen LogP contribution in [0.4, 0.5) is 5.69 Å². The molecular weight excluding hydrogens is 455 g/mol. The Balaban J connectivity index is 1.62. The number of imide groups is 1. The fraction of sp³-hybridized carbons (Fsp3) is 0.273. The Morgan fingerprint density at radius 3 is 2.56 bits per heavy atom. The summed E-state index contributed by atoms with van der Waals surface area (Å²) >= 11 is 12.4. The maximum absolute atomic E-state index is 13.6. The van der Waals surface area contributed by atoms with Gasteiger partial charge in [-0.3, -0.25) is 29.4 Å². The number of amides is 4. The van der Waals surface area contributed by atoms with Crippen molar-refractivity contribution >= 4 is 52.5 Å². The summed E-state index contributed by atoms with van der Waals surface area (Å²) in [7, 11) is 0. The van der Waals surface area contributed by atoms with Crippen molar-refractivity contribution in [1.82, 2.24) is 10.2 Å². The summed E-state index contributed by atoms with van der Waals surface area (Å²) in [5, 5.41) is 6.69. The van der Waals surface area contributed by atoms with E-state index in [-0.39, 0.29) is 13.0 Å². The number of primary amides is 1. The number of carbonyl (C=O) groups is 4. The fourth-order valence-corrected chi connectivity index (χ4v) is 5.55. The molecule has 5 rings (SSSR count). The molecule has 0 aromatic heterocycles. The van der Waals surface area contributed by atoms with Gasteiger partial charge in [-0.25, -0.2) is 0 Å². The molecule has 2 saturated heterocycles. The fourth-order valence-electron chi connectivity index (χ4n) is 5.18. The molecule has 4 atom stereocenters. The van der Waals surface area contributed by atoms with Crippen molar-refractivity contribution in [3.63, 3.8) is 0 Å². The second-order valence-corrected chi connectivity index (χ2v) is 9.07. The van der Waals surface area contributed by atoms with Gasteiger partial charge in [0.05, 0.1) is 18.4 Å². The van der Waals surface area contributed by atoms with E-state index < -0.39 is 47.0 Å². The molecule has 0 aliphatic carbocycles. The predicted octanol–water partition coefficient (Wildman–Crippen LogP) is 1.79. The van der Waals surface area contributed by atoms with Crippen LogP contribution in [0, 0.1) is 11.8 Å². The highest BCUT2D eigenvalue weighted by Gasteiger charge is 2.70. The lowest BCUT2D eigenvalue weighted by Gasteiger charge is -2.29. The average Bonchev–Trinajstić information content (AvgIpc) is 3.30. The molecule has 0 unspecified atom stereocenters. The van der Waals surface area contributed by atoms with Crippen LogP contribution in [0.2, 0.25) is 10.0 Å². The van der Waals surface area contributed by atoms with Gasteiger partial charge in [-0.15, -0.1) is 0 Å². The van der Waals surface area contributed by atoms with Gasteiger partial charge < -0.3 is 11.1 Å². The Hall–Kier alpha value is -2.94. The molecule has 2 fully saturated rings. The second kappa shape index (κ2) is 7.30. The van der Waals surface area contributed by atoms with Crippen molar-refractivity contribution in [2.75, 3.05) is 5.32 Å². The van der Waals surface area contributed by atoms with Gasteiger partial charge in [0.15, 0.2) is 0 Å². The number of anilines is 1. The van der Waals surface area contributed by atoms with Crippen molar-refractivity contribution in [3.8, 4) is 0 Å². The molecule has 164 valence electrons. The van der Waals surface area contributed by atoms with Gasteiger partial charge in [-0.1, -0.05) is 41.4 Å². The zero-order chi connectivity index (χ0) is 22.8. The van der Waals surface area contributed by atoms with Crippen molar-refractivity contribution in [3.05, 3.63) is 63.6 Å². The smallest absolute Gasteiger partial charge is 0.250 e. The van der Waals surface area contributed by atoms with Crippen molar-refractivity contribution in [1.29, 1.82) is 0 Å². The third-order valence-electron chi connectivity index (χ3n) is 6.48. The summed E-state index contributed by atoms with van der Waals surface area (Å²) in [5.41, 5.74) is 5.46. The molecule has 0 saturated carbocycles. The van der Waals surface area contributed by atoms with E-state index in [9.17, 15) is 19.2 Å². The third kappa shape index (κ3) is 2.87.